The molecule has 15 heavy (non-hydrogen) atoms. The minimum absolute atomic E-state index is 0.178. The number of hydrogen-bond acceptors (Lipinski definition) is 3. The van der Waals surface area contributed by atoms with Crippen LogP contribution in [0.25, 0.3) is 0 Å². The van der Waals surface area contributed by atoms with Gasteiger partial charge in [-0.05, 0) is 34.1 Å². The van der Waals surface area contributed by atoms with Gasteiger partial charge in [0.15, 0.2) is 5.78 Å². The normalized spacial score (nSPS) is 14.9. The first-order valence-corrected chi connectivity index (χ1v) is 5.51. The summed E-state index contributed by atoms with van der Waals surface area (Å²) in [6.07, 6.45) is 3.22. The number of allylic oxidation sites excluding steroid dienone is 1. The summed E-state index contributed by atoms with van der Waals surface area (Å²) in [6, 6.07) is 0.282. The zero-order valence-electron chi connectivity index (χ0n) is 10.6. The quantitative estimate of drug-likeness (QED) is 0.662. The van der Waals surface area contributed by atoms with Gasteiger partial charge in [0.1, 0.15) is 0 Å². The number of carbonyl (C=O) groups excluding carboxylic acids is 1. The van der Waals surface area contributed by atoms with E-state index in [1.54, 1.807) is 6.20 Å². The molecule has 88 valence electrons. The molecule has 0 bridgehead atoms. The first-order valence-electron chi connectivity index (χ1n) is 5.51. The molecule has 0 spiro atoms. The van der Waals surface area contributed by atoms with Crippen LogP contribution in [0.2, 0.25) is 0 Å². The van der Waals surface area contributed by atoms with E-state index in [2.05, 4.69) is 12.2 Å². The van der Waals surface area contributed by atoms with Crippen LogP contribution in [-0.4, -0.2) is 17.4 Å². The highest BCUT2D eigenvalue weighted by molar-refractivity contribution is 5.94. The van der Waals surface area contributed by atoms with Gasteiger partial charge in [0.05, 0.1) is 0 Å². The predicted molar refractivity (Wildman–Crippen MR) is 64.5 cm³/mol. The van der Waals surface area contributed by atoms with Crippen molar-refractivity contribution >= 4 is 5.78 Å². The molecule has 0 aromatic heterocycles. The third-order valence-electron chi connectivity index (χ3n) is 2.18. The number of nitrogens with one attached hydrogen (secondary N) is 1. The van der Waals surface area contributed by atoms with Crippen LogP contribution >= 0.6 is 0 Å². The SMILES string of the molecule is CCC(=O)/C(C)=C\NC(C)CC(C)(C)N. The number of rotatable bonds is 6. The van der Waals surface area contributed by atoms with Crippen LogP contribution in [0.4, 0.5) is 0 Å². The number of nitrogens with two attached hydrogens (primary N) is 1. The lowest BCUT2D eigenvalue weighted by molar-refractivity contribution is -0.115. The van der Waals surface area contributed by atoms with Gasteiger partial charge in [-0.2, -0.15) is 0 Å². The molecule has 0 fully saturated rings. The number of hydrogen-bond donors (Lipinski definition) is 2. The van der Waals surface area contributed by atoms with Gasteiger partial charge in [0, 0.05) is 29.8 Å². The van der Waals surface area contributed by atoms with E-state index in [4.69, 9.17) is 5.73 Å². The molecule has 0 radical (unpaired) electrons. The van der Waals surface area contributed by atoms with Crippen molar-refractivity contribution in [2.24, 2.45) is 5.73 Å². The highest BCUT2D eigenvalue weighted by Crippen LogP contribution is 2.07. The van der Waals surface area contributed by atoms with E-state index in [0.29, 0.717) is 6.42 Å². The lowest BCUT2D eigenvalue weighted by atomic mass is 9.97. The van der Waals surface area contributed by atoms with Crippen molar-refractivity contribution in [1.29, 1.82) is 0 Å². The summed E-state index contributed by atoms with van der Waals surface area (Å²) in [6.45, 7) is 9.76. The maximum atomic E-state index is 11.3. The molecule has 0 aliphatic heterocycles. The fourth-order valence-corrected chi connectivity index (χ4v) is 1.47. The molecule has 0 aliphatic rings. The van der Waals surface area contributed by atoms with E-state index in [-0.39, 0.29) is 17.4 Å². The Hall–Kier alpha value is -0.830. The summed E-state index contributed by atoms with van der Waals surface area (Å²) in [4.78, 5) is 11.3. The van der Waals surface area contributed by atoms with Crippen molar-refractivity contribution in [2.75, 3.05) is 0 Å². The lowest BCUT2D eigenvalue weighted by Crippen LogP contribution is -2.39. The van der Waals surface area contributed by atoms with E-state index >= 15 is 0 Å². The van der Waals surface area contributed by atoms with Crippen molar-refractivity contribution in [3.63, 3.8) is 0 Å². The number of ketones is 1. The van der Waals surface area contributed by atoms with Crippen LogP contribution in [0.1, 0.15) is 47.5 Å². The van der Waals surface area contributed by atoms with Crippen molar-refractivity contribution in [3.05, 3.63) is 11.8 Å². The molecule has 3 N–H and O–H groups in total. The Bertz CT molecular complexity index is 238. The molecule has 3 heteroatoms. The molecule has 0 rings (SSSR count). The first kappa shape index (κ1) is 14.2. The Morgan fingerprint density at radius 2 is 2.07 bits per heavy atom. The van der Waals surface area contributed by atoms with Gasteiger partial charge < -0.3 is 11.1 Å². The third kappa shape index (κ3) is 7.14. The second kappa shape index (κ2) is 5.91. The molecule has 0 saturated carbocycles. The van der Waals surface area contributed by atoms with Crippen LogP contribution in [0.15, 0.2) is 11.8 Å². The van der Waals surface area contributed by atoms with E-state index in [1.165, 1.54) is 0 Å². The zero-order chi connectivity index (χ0) is 12.1. The van der Waals surface area contributed by atoms with E-state index in [9.17, 15) is 4.79 Å². The summed E-state index contributed by atoms with van der Waals surface area (Å²) in [5, 5.41) is 3.19. The monoisotopic (exact) mass is 212 g/mol. The number of Topliss-reactive ketones (excluding diaryl/α,β-unsaturated/α-hetero) is 1. The standard InChI is InChI=1S/C12H24N2O/c1-6-11(15)9(2)8-14-10(3)7-12(4,5)13/h8,10,14H,6-7,13H2,1-5H3/b9-8-. The largest absolute Gasteiger partial charge is 0.388 e. The number of carbonyl (C=O) groups is 1. The Morgan fingerprint density at radius 1 is 1.53 bits per heavy atom. The second-order valence-electron chi connectivity index (χ2n) is 4.86. The van der Waals surface area contributed by atoms with E-state index < -0.39 is 0 Å². The molecule has 3 nitrogen and oxygen atoms in total. The van der Waals surface area contributed by atoms with Crippen molar-refractivity contribution < 1.29 is 4.79 Å². The van der Waals surface area contributed by atoms with Crippen LogP contribution < -0.4 is 11.1 Å². The molecular formula is C12H24N2O. The van der Waals surface area contributed by atoms with Gasteiger partial charge in [0.2, 0.25) is 0 Å². The van der Waals surface area contributed by atoms with Crippen molar-refractivity contribution in [2.45, 2.75) is 59.0 Å². The van der Waals surface area contributed by atoms with E-state index in [0.717, 1.165) is 12.0 Å². The van der Waals surface area contributed by atoms with Gasteiger partial charge in [-0.1, -0.05) is 6.92 Å². The maximum absolute atomic E-state index is 11.3. The van der Waals surface area contributed by atoms with Gasteiger partial charge >= 0.3 is 0 Å². The molecule has 1 unspecified atom stereocenters. The fourth-order valence-electron chi connectivity index (χ4n) is 1.47. The molecule has 1 atom stereocenters. The smallest absolute Gasteiger partial charge is 0.159 e. The van der Waals surface area contributed by atoms with Crippen LogP contribution in [-0.2, 0) is 4.79 Å². The Labute approximate surface area is 93.1 Å². The molecule has 0 saturated heterocycles. The van der Waals surface area contributed by atoms with Gasteiger partial charge in [-0.25, -0.2) is 0 Å². The molecule has 0 amide bonds. The first-order chi connectivity index (χ1) is 6.76. The van der Waals surface area contributed by atoms with Crippen molar-refractivity contribution in [3.8, 4) is 0 Å². The molecule has 0 aromatic carbocycles. The van der Waals surface area contributed by atoms with Crippen LogP contribution in [0, 0.1) is 0 Å². The minimum Gasteiger partial charge on any atom is -0.388 e. The summed E-state index contributed by atoms with van der Waals surface area (Å²) in [5.74, 6) is 0.182. The van der Waals surface area contributed by atoms with Gasteiger partial charge in [0.25, 0.3) is 0 Å². The van der Waals surface area contributed by atoms with Crippen LogP contribution in [0.5, 0.6) is 0 Å². The fraction of sp³-hybridized carbons (Fsp3) is 0.750. The maximum Gasteiger partial charge on any atom is 0.159 e. The zero-order valence-corrected chi connectivity index (χ0v) is 10.6. The summed E-state index contributed by atoms with van der Waals surface area (Å²) < 4.78 is 0. The molecule has 0 aliphatic carbocycles. The Balaban J connectivity index is 4.09. The average Bonchev–Trinajstić information content (AvgIpc) is 2.10. The molecule has 0 heterocycles. The predicted octanol–water partition coefficient (Wildman–Crippen LogP) is 1.97. The van der Waals surface area contributed by atoms with Crippen LogP contribution in [0.3, 0.4) is 0 Å². The highest BCUT2D eigenvalue weighted by Gasteiger charge is 2.14. The topological polar surface area (TPSA) is 55.1 Å². The second-order valence-corrected chi connectivity index (χ2v) is 4.86. The van der Waals surface area contributed by atoms with E-state index in [1.807, 2.05) is 27.7 Å². The van der Waals surface area contributed by atoms with Gasteiger partial charge in [-0.3, -0.25) is 4.79 Å². The van der Waals surface area contributed by atoms with Crippen molar-refractivity contribution in [1.82, 2.24) is 5.32 Å². The summed E-state index contributed by atoms with van der Waals surface area (Å²) in [7, 11) is 0. The molecule has 0 aromatic rings. The minimum atomic E-state index is -0.178. The highest BCUT2D eigenvalue weighted by atomic mass is 16.1. The molecular weight excluding hydrogens is 188 g/mol. The summed E-state index contributed by atoms with van der Waals surface area (Å²) in [5.41, 5.74) is 6.50. The average molecular weight is 212 g/mol. The Morgan fingerprint density at radius 3 is 2.47 bits per heavy atom. The Kier molecular flexibility index (Phi) is 5.58. The third-order valence-corrected chi connectivity index (χ3v) is 2.18. The van der Waals surface area contributed by atoms with Gasteiger partial charge in [-0.15, -0.1) is 0 Å². The lowest BCUT2D eigenvalue weighted by Gasteiger charge is -2.23. The summed E-state index contributed by atoms with van der Waals surface area (Å²) >= 11 is 0.